The number of pyridine rings is 1. The van der Waals surface area contributed by atoms with Crippen LogP contribution in [0.25, 0.3) is 0 Å². The van der Waals surface area contributed by atoms with Gasteiger partial charge in [0.25, 0.3) is 0 Å². The van der Waals surface area contributed by atoms with E-state index in [1.807, 2.05) is 0 Å². The van der Waals surface area contributed by atoms with Crippen molar-refractivity contribution in [1.82, 2.24) is 10.3 Å². The van der Waals surface area contributed by atoms with Crippen LogP contribution in [-0.4, -0.2) is 36.9 Å². The van der Waals surface area contributed by atoms with Gasteiger partial charge in [0.15, 0.2) is 5.78 Å². The number of ether oxygens (including phenoxy) is 1. The minimum absolute atomic E-state index is 0.0320. The molecule has 11 heteroatoms. The molecule has 0 unspecified atom stereocenters. The third kappa shape index (κ3) is 6.28. The van der Waals surface area contributed by atoms with Crippen molar-refractivity contribution in [3.8, 4) is 0 Å². The lowest BCUT2D eigenvalue weighted by Gasteiger charge is -2.25. The van der Waals surface area contributed by atoms with Gasteiger partial charge in [0.2, 0.25) is 5.91 Å². The van der Waals surface area contributed by atoms with E-state index in [0.717, 1.165) is 12.1 Å². The van der Waals surface area contributed by atoms with Crippen LogP contribution in [0.4, 0.5) is 34.6 Å². The second-order valence-electron chi connectivity index (χ2n) is 9.09. The Morgan fingerprint density at radius 3 is 2.47 bits per heavy atom. The van der Waals surface area contributed by atoms with Gasteiger partial charge in [-0.25, -0.2) is 4.39 Å². The Bertz CT molecular complexity index is 1310. The monoisotopic (exact) mass is 530 g/mol. The summed E-state index contributed by atoms with van der Waals surface area (Å²) in [5.74, 6) is -1.52. The highest BCUT2D eigenvalue weighted by molar-refractivity contribution is 6.00. The maximum Gasteiger partial charge on any atom is 0.418 e. The number of halogens is 4. The highest BCUT2D eigenvalue weighted by Crippen LogP contribution is 2.37. The van der Waals surface area contributed by atoms with Crippen LogP contribution < -0.4 is 16.0 Å². The van der Waals surface area contributed by atoms with Gasteiger partial charge in [0, 0.05) is 50.3 Å². The van der Waals surface area contributed by atoms with E-state index in [-0.39, 0.29) is 37.0 Å². The van der Waals surface area contributed by atoms with Crippen LogP contribution in [-0.2, 0) is 22.3 Å². The normalized spacial score (nSPS) is 17.2. The maximum atomic E-state index is 13.4. The van der Waals surface area contributed by atoms with E-state index in [9.17, 15) is 27.2 Å². The molecule has 0 aliphatic carbocycles. The molecule has 2 aromatic carbocycles. The second-order valence-corrected chi connectivity index (χ2v) is 9.09. The van der Waals surface area contributed by atoms with E-state index in [2.05, 4.69) is 20.9 Å². The van der Waals surface area contributed by atoms with Gasteiger partial charge in [0.05, 0.1) is 29.0 Å². The molecule has 7 nitrogen and oxygen atoms in total. The second kappa shape index (κ2) is 11.2. The molecule has 1 amide bonds. The Hall–Kier alpha value is -3.99. The summed E-state index contributed by atoms with van der Waals surface area (Å²) < 4.78 is 58.6. The van der Waals surface area contributed by atoms with E-state index in [0.29, 0.717) is 41.6 Å². The molecular weight excluding hydrogens is 504 g/mol. The smallest absolute Gasteiger partial charge is 0.387 e. The summed E-state index contributed by atoms with van der Waals surface area (Å²) in [6.07, 6.45) is -1.30. The van der Waals surface area contributed by atoms with Crippen LogP contribution in [0.1, 0.15) is 34.3 Å². The Balaban J connectivity index is 1.40. The van der Waals surface area contributed by atoms with Crippen molar-refractivity contribution in [3.05, 3.63) is 83.4 Å². The lowest BCUT2D eigenvalue weighted by molar-refractivity contribution is -0.137. The number of carbonyl (C=O) groups is 2. The lowest BCUT2D eigenvalue weighted by Crippen LogP contribution is -2.42. The zero-order valence-corrected chi connectivity index (χ0v) is 20.5. The van der Waals surface area contributed by atoms with Gasteiger partial charge in [-0.1, -0.05) is 12.1 Å². The SMILES string of the molecule is CNc1cncc(C(=O)C[C@@]2(C(=O)NCc3ccc(Nc4ccc(F)cc4C(F)(F)F)cc3)CCOC2)c1. The molecule has 1 atom stereocenters. The minimum atomic E-state index is -4.72. The molecular formula is C27H26F4N4O3. The zero-order chi connectivity index (χ0) is 27.3. The summed E-state index contributed by atoms with van der Waals surface area (Å²) in [5, 5.41) is 8.44. The third-order valence-corrected chi connectivity index (χ3v) is 6.41. The third-order valence-electron chi connectivity index (χ3n) is 6.41. The van der Waals surface area contributed by atoms with Crippen molar-refractivity contribution >= 4 is 28.8 Å². The van der Waals surface area contributed by atoms with E-state index < -0.39 is 23.0 Å². The number of carbonyl (C=O) groups excluding carboxylic acids is 2. The quantitative estimate of drug-likeness (QED) is 0.256. The number of amides is 1. The number of Topliss-reactive ketones (excluding diaryl/α,β-unsaturated/α-hetero) is 1. The molecule has 1 aliphatic heterocycles. The first-order chi connectivity index (χ1) is 18.1. The van der Waals surface area contributed by atoms with Crippen molar-refractivity contribution in [2.75, 3.05) is 30.9 Å². The number of rotatable bonds is 9. The number of hydrogen-bond donors (Lipinski definition) is 3. The standard InChI is InChI=1S/C27H26F4N4O3/c1-32-21-10-18(14-33-15-21)24(36)12-26(8-9-38-16-26)25(37)34-13-17-2-5-20(6-3-17)35-23-7-4-19(28)11-22(23)27(29,30)31/h2-7,10-11,14-15,32,35H,8-9,12-13,16H2,1H3,(H,34,37)/t26-/m0/s1. The number of benzene rings is 2. The number of alkyl halides is 3. The zero-order valence-electron chi connectivity index (χ0n) is 20.5. The molecule has 38 heavy (non-hydrogen) atoms. The molecule has 0 saturated carbocycles. The number of aromatic nitrogens is 1. The summed E-state index contributed by atoms with van der Waals surface area (Å²) in [5.41, 5.74) is -0.251. The predicted octanol–water partition coefficient (Wildman–Crippen LogP) is 5.32. The van der Waals surface area contributed by atoms with Crippen LogP contribution in [0.5, 0.6) is 0 Å². The van der Waals surface area contributed by atoms with Crippen molar-refractivity contribution in [2.24, 2.45) is 5.41 Å². The summed E-state index contributed by atoms with van der Waals surface area (Å²) >= 11 is 0. The molecule has 3 aromatic rings. The number of hydrogen-bond acceptors (Lipinski definition) is 6. The maximum absolute atomic E-state index is 13.4. The van der Waals surface area contributed by atoms with Crippen LogP contribution >= 0.6 is 0 Å². The summed E-state index contributed by atoms with van der Waals surface area (Å²) in [6.45, 7) is 0.626. The van der Waals surface area contributed by atoms with Gasteiger partial charge >= 0.3 is 6.18 Å². The Morgan fingerprint density at radius 2 is 1.82 bits per heavy atom. The molecule has 0 bridgehead atoms. The fraction of sp³-hybridized carbons (Fsp3) is 0.296. The van der Waals surface area contributed by atoms with Crippen molar-refractivity contribution in [3.63, 3.8) is 0 Å². The Labute approximate surface area is 216 Å². The minimum Gasteiger partial charge on any atom is -0.387 e. The average molecular weight is 531 g/mol. The van der Waals surface area contributed by atoms with Gasteiger partial charge in [0.1, 0.15) is 5.82 Å². The molecule has 200 valence electrons. The molecule has 3 N–H and O–H groups in total. The first kappa shape index (κ1) is 27.1. The lowest BCUT2D eigenvalue weighted by atomic mass is 9.80. The molecule has 0 spiro atoms. The molecule has 1 aliphatic rings. The number of anilines is 3. The summed E-state index contributed by atoms with van der Waals surface area (Å²) in [6, 6.07) is 10.5. The predicted molar refractivity (Wildman–Crippen MR) is 134 cm³/mol. The molecule has 4 rings (SSSR count). The molecule has 2 heterocycles. The van der Waals surface area contributed by atoms with Crippen molar-refractivity contribution < 1.29 is 31.9 Å². The van der Waals surface area contributed by atoms with Gasteiger partial charge in [-0.2, -0.15) is 13.2 Å². The van der Waals surface area contributed by atoms with Crippen LogP contribution in [0, 0.1) is 11.2 Å². The number of nitrogens with one attached hydrogen (secondary N) is 3. The number of nitrogens with zero attached hydrogens (tertiary/aromatic N) is 1. The average Bonchev–Trinajstić information content (AvgIpc) is 3.38. The topological polar surface area (TPSA) is 92.4 Å². The van der Waals surface area contributed by atoms with Crippen LogP contribution in [0.2, 0.25) is 0 Å². The largest absolute Gasteiger partial charge is 0.418 e. The first-order valence-corrected chi connectivity index (χ1v) is 11.8. The molecule has 0 radical (unpaired) electrons. The van der Waals surface area contributed by atoms with E-state index in [1.54, 1.807) is 43.6 Å². The van der Waals surface area contributed by atoms with Gasteiger partial charge < -0.3 is 20.7 Å². The van der Waals surface area contributed by atoms with Gasteiger partial charge in [-0.05, 0) is 48.4 Å². The molecule has 1 aromatic heterocycles. The van der Waals surface area contributed by atoms with Gasteiger partial charge in [-0.3, -0.25) is 14.6 Å². The van der Waals surface area contributed by atoms with Crippen LogP contribution in [0.3, 0.4) is 0 Å². The Morgan fingerprint density at radius 1 is 1.05 bits per heavy atom. The van der Waals surface area contributed by atoms with Gasteiger partial charge in [-0.15, -0.1) is 0 Å². The van der Waals surface area contributed by atoms with Crippen molar-refractivity contribution in [1.29, 1.82) is 0 Å². The highest BCUT2D eigenvalue weighted by Gasteiger charge is 2.44. The summed E-state index contributed by atoms with van der Waals surface area (Å²) in [4.78, 5) is 30.2. The summed E-state index contributed by atoms with van der Waals surface area (Å²) in [7, 11) is 1.72. The van der Waals surface area contributed by atoms with E-state index >= 15 is 0 Å². The number of ketones is 1. The fourth-order valence-corrected chi connectivity index (χ4v) is 4.24. The fourth-order valence-electron chi connectivity index (χ4n) is 4.24. The van der Waals surface area contributed by atoms with Crippen molar-refractivity contribution in [2.45, 2.75) is 25.6 Å². The van der Waals surface area contributed by atoms with Crippen LogP contribution in [0.15, 0.2) is 60.9 Å². The van der Waals surface area contributed by atoms with E-state index in [4.69, 9.17) is 4.74 Å². The molecule has 1 fully saturated rings. The highest BCUT2D eigenvalue weighted by atomic mass is 19.4. The Kier molecular flexibility index (Phi) is 7.96. The first-order valence-electron chi connectivity index (χ1n) is 11.8. The van der Waals surface area contributed by atoms with E-state index in [1.165, 1.54) is 6.20 Å². The molecule has 1 saturated heterocycles.